The van der Waals surface area contributed by atoms with Gasteiger partial charge in [0.15, 0.2) is 0 Å². The molecule has 3 heteroatoms. The third-order valence-corrected chi connectivity index (χ3v) is 3.21. The van der Waals surface area contributed by atoms with Crippen molar-refractivity contribution in [3.63, 3.8) is 0 Å². The van der Waals surface area contributed by atoms with Crippen LogP contribution in [0.2, 0.25) is 0 Å². The molecule has 0 radical (unpaired) electrons. The summed E-state index contributed by atoms with van der Waals surface area (Å²) in [5, 5.41) is 0. The Morgan fingerprint density at radius 3 is 2.15 bits per heavy atom. The summed E-state index contributed by atoms with van der Waals surface area (Å²) in [5.74, 6) is 1.80. The molecule has 0 heterocycles. The molecule has 0 bridgehead atoms. The molecule has 0 aliphatic heterocycles. The van der Waals surface area contributed by atoms with Crippen molar-refractivity contribution in [2.75, 3.05) is 14.2 Å². The first kappa shape index (κ1) is 10.6. The van der Waals surface area contributed by atoms with E-state index in [1.807, 2.05) is 19.9 Å². The van der Waals surface area contributed by atoms with Crippen molar-refractivity contribution in [2.45, 2.75) is 13.8 Å². The number of hydrogen-bond donors (Lipinski definition) is 0. The van der Waals surface area contributed by atoms with Crippen LogP contribution in [0.3, 0.4) is 0 Å². The Bertz CT molecular complexity index is 321. The SMILES string of the molecule is COc1cc(I)c(C)c(OC)c1C. The van der Waals surface area contributed by atoms with E-state index in [2.05, 4.69) is 22.6 Å². The topological polar surface area (TPSA) is 18.5 Å². The molecule has 0 unspecified atom stereocenters. The van der Waals surface area contributed by atoms with E-state index in [4.69, 9.17) is 9.47 Å². The van der Waals surface area contributed by atoms with Crippen LogP contribution in [0.4, 0.5) is 0 Å². The fourth-order valence-corrected chi connectivity index (χ4v) is 1.88. The largest absolute Gasteiger partial charge is 0.496 e. The molecule has 0 saturated carbocycles. The summed E-state index contributed by atoms with van der Waals surface area (Å²) in [6.07, 6.45) is 0. The number of benzene rings is 1. The van der Waals surface area contributed by atoms with Crippen LogP contribution in [-0.2, 0) is 0 Å². The van der Waals surface area contributed by atoms with E-state index in [0.717, 1.165) is 20.6 Å². The molecule has 0 aliphatic carbocycles. The van der Waals surface area contributed by atoms with Gasteiger partial charge in [-0.25, -0.2) is 0 Å². The lowest BCUT2D eigenvalue weighted by Gasteiger charge is -2.13. The maximum atomic E-state index is 5.31. The lowest BCUT2D eigenvalue weighted by atomic mass is 10.1. The minimum absolute atomic E-state index is 0.881. The first-order valence-electron chi connectivity index (χ1n) is 3.99. The zero-order chi connectivity index (χ0) is 10.0. The fourth-order valence-electron chi connectivity index (χ4n) is 1.35. The van der Waals surface area contributed by atoms with E-state index in [0.29, 0.717) is 0 Å². The van der Waals surface area contributed by atoms with Gasteiger partial charge in [-0.15, -0.1) is 0 Å². The van der Waals surface area contributed by atoms with E-state index >= 15 is 0 Å². The average Bonchev–Trinajstić information content (AvgIpc) is 2.12. The zero-order valence-corrected chi connectivity index (χ0v) is 10.4. The van der Waals surface area contributed by atoms with Gasteiger partial charge < -0.3 is 9.47 Å². The quantitative estimate of drug-likeness (QED) is 0.780. The molecule has 0 atom stereocenters. The Morgan fingerprint density at radius 2 is 1.69 bits per heavy atom. The Hall–Kier alpha value is -0.450. The van der Waals surface area contributed by atoms with Gasteiger partial charge in [0.2, 0.25) is 0 Å². The maximum Gasteiger partial charge on any atom is 0.129 e. The normalized spacial score (nSPS) is 9.92. The van der Waals surface area contributed by atoms with E-state index < -0.39 is 0 Å². The molecular formula is C10H13IO2. The third kappa shape index (κ3) is 1.90. The van der Waals surface area contributed by atoms with Crippen LogP contribution in [0, 0.1) is 17.4 Å². The van der Waals surface area contributed by atoms with Gasteiger partial charge in [-0.2, -0.15) is 0 Å². The van der Waals surface area contributed by atoms with Crippen LogP contribution in [0.5, 0.6) is 11.5 Å². The number of hydrogen-bond acceptors (Lipinski definition) is 2. The van der Waals surface area contributed by atoms with Gasteiger partial charge in [-0.05, 0) is 42.5 Å². The smallest absolute Gasteiger partial charge is 0.129 e. The van der Waals surface area contributed by atoms with Gasteiger partial charge in [0.25, 0.3) is 0 Å². The first-order chi connectivity index (χ1) is 6.11. The van der Waals surface area contributed by atoms with Crippen LogP contribution < -0.4 is 9.47 Å². The molecule has 72 valence electrons. The Labute approximate surface area is 92.4 Å². The van der Waals surface area contributed by atoms with Gasteiger partial charge in [0, 0.05) is 14.7 Å². The standard InChI is InChI=1S/C10H13IO2/c1-6-8(11)5-9(12-3)7(2)10(6)13-4/h5H,1-4H3. The van der Waals surface area contributed by atoms with Crippen molar-refractivity contribution in [3.8, 4) is 11.5 Å². The summed E-state index contributed by atoms with van der Waals surface area (Å²) in [4.78, 5) is 0. The first-order valence-corrected chi connectivity index (χ1v) is 5.07. The number of halogens is 1. The molecule has 0 aliphatic rings. The summed E-state index contributed by atoms with van der Waals surface area (Å²) in [6, 6.07) is 2.02. The number of rotatable bonds is 2. The molecular weight excluding hydrogens is 279 g/mol. The van der Waals surface area contributed by atoms with Crippen molar-refractivity contribution in [2.24, 2.45) is 0 Å². The van der Waals surface area contributed by atoms with Crippen molar-refractivity contribution < 1.29 is 9.47 Å². The number of ether oxygens (including phenoxy) is 2. The predicted octanol–water partition coefficient (Wildman–Crippen LogP) is 2.93. The van der Waals surface area contributed by atoms with Crippen LogP contribution in [0.1, 0.15) is 11.1 Å². The van der Waals surface area contributed by atoms with Gasteiger partial charge in [-0.3, -0.25) is 0 Å². The molecule has 0 N–H and O–H groups in total. The van der Waals surface area contributed by atoms with Gasteiger partial charge in [0.1, 0.15) is 11.5 Å². The van der Waals surface area contributed by atoms with Gasteiger partial charge >= 0.3 is 0 Å². The second-order valence-electron chi connectivity index (χ2n) is 2.84. The highest BCUT2D eigenvalue weighted by Gasteiger charge is 2.11. The van der Waals surface area contributed by atoms with Crippen LogP contribution in [0.15, 0.2) is 6.07 Å². The molecule has 0 aromatic heterocycles. The lowest BCUT2D eigenvalue weighted by Crippen LogP contribution is -1.97. The van der Waals surface area contributed by atoms with E-state index in [1.165, 1.54) is 5.56 Å². The molecule has 1 aromatic rings. The molecule has 2 nitrogen and oxygen atoms in total. The van der Waals surface area contributed by atoms with Gasteiger partial charge in [0.05, 0.1) is 14.2 Å². The second kappa shape index (κ2) is 4.17. The summed E-state index contributed by atoms with van der Waals surface area (Å²) in [5.41, 5.74) is 2.23. The molecule has 13 heavy (non-hydrogen) atoms. The zero-order valence-electron chi connectivity index (χ0n) is 8.27. The number of methoxy groups -OCH3 is 2. The van der Waals surface area contributed by atoms with E-state index in [1.54, 1.807) is 14.2 Å². The Morgan fingerprint density at radius 1 is 1.08 bits per heavy atom. The van der Waals surface area contributed by atoms with Crippen molar-refractivity contribution in [3.05, 3.63) is 20.8 Å². The van der Waals surface area contributed by atoms with Crippen LogP contribution in [-0.4, -0.2) is 14.2 Å². The molecule has 0 spiro atoms. The molecule has 0 amide bonds. The third-order valence-electron chi connectivity index (χ3n) is 2.09. The minimum Gasteiger partial charge on any atom is -0.496 e. The van der Waals surface area contributed by atoms with E-state index in [9.17, 15) is 0 Å². The summed E-state index contributed by atoms with van der Waals surface area (Å²) in [6.45, 7) is 4.05. The summed E-state index contributed by atoms with van der Waals surface area (Å²) >= 11 is 2.28. The Kier molecular flexibility index (Phi) is 3.41. The van der Waals surface area contributed by atoms with Crippen LogP contribution >= 0.6 is 22.6 Å². The highest BCUT2D eigenvalue weighted by Crippen LogP contribution is 2.34. The lowest BCUT2D eigenvalue weighted by molar-refractivity contribution is 0.386. The van der Waals surface area contributed by atoms with E-state index in [-0.39, 0.29) is 0 Å². The monoisotopic (exact) mass is 292 g/mol. The minimum atomic E-state index is 0.881. The predicted molar refractivity (Wildman–Crippen MR) is 61.7 cm³/mol. The van der Waals surface area contributed by atoms with Crippen molar-refractivity contribution >= 4 is 22.6 Å². The maximum absolute atomic E-state index is 5.31. The van der Waals surface area contributed by atoms with Gasteiger partial charge in [-0.1, -0.05) is 0 Å². The fraction of sp³-hybridized carbons (Fsp3) is 0.400. The molecule has 1 rings (SSSR count). The molecule has 1 aromatic carbocycles. The second-order valence-corrected chi connectivity index (χ2v) is 4.01. The Balaban J connectivity index is 3.39. The van der Waals surface area contributed by atoms with Crippen molar-refractivity contribution in [1.82, 2.24) is 0 Å². The molecule has 0 fully saturated rings. The molecule has 0 saturated heterocycles. The van der Waals surface area contributed by atoms with Crippen LogP contribution in [0.25, 0.3) is 0 Å². The van der Waals surface area contributed by atoms with Crippen molar-refractivity contribution in [1.29, 1.82) is 0 Å². The average molecular weight is 292 g/mol. The summed E-state index contributed by atoms with van der Waals surface area (Å²) in [7, 11) is 3.36. The highest BCUT2D eigenvalue weighted by molar-refractivity contribution is 14.1. The highest BCUT2D eigenvalue weighted by atomic mass is 127. The summed E-state index contributed by atoms with van der Waals surface area (Å²) < 4.78 is 11.7.